The van der Waals surface area contributed by atoms with Crippen molar-refractivity contribution in [2.45, 2.75) is 23.8 Å². The molecule has 114 valence electrons. The Bertz CT molecular complexity index is 652. The summed E-state index contributed by atoms with van der Waals surface area (Å²) >= 11 is 3.35. The third kappa shape index (κ3) is 3.00. The van der Waals surface area contributed by atoms with Crippen molar-refractivity contribution < 1.29 is 13.2 Å². The Balaban J connectivity index is 1.75. The van der Waals surface area contributed by atoms with Crippen LogP contribution in [0.1, 0.15) is 18.4 Å². The fraction of sp³-hybridized carbons (Fsp3) is 0.500. The van der Waals surface area contributed by atoms with Crippen LogP contribution in [0.2, 0.25) is 0 Å². The van der Waals surface area contributed by atoms with Gasteiger partial charge in [-0.25, -0.2) is 0 Å². The predicted molar refractivity (Wildman–Crippen MR) is 84.5 cm³/mol. The van der Waals surface area contributed by atoms with Crippen LogP contribution >= 0.6 is 15.9 Å². The van der Waals surface area contributed by atoms with Gasteiger partial charge in [-0.1, -0.05) is 28.1 Å². The highest BCUT2D eigenvalue weighted by atomic mass is 79.9. The Morgan fingerprint density at radius 3 is 2.71 bits per heavy atom. The van der Waals surface area contributed by atoms with E-state index in [2.05, 4.69) is 25.2 Å². The zero-order chi connectivity index (χ0) is 14.9. The molecule has 0 N–H and O–H groups in total. The second kappa shape index (κ2) is 6.06. The van der Waals surface area contributed by atoms with Gasteiger partial charge < -0.3 is 9.64 Å². The Hall–Kier alpha value is -0.920. The molecule has 7 heteroatoms. The van der Waals surface area contributed by atoms with Crippen molar-refractivity contribution in [3.63, 3.8) is 0 Å². The van der Waals surface area contributed by atoms with Gasteiger partial charge in [-0.3, -0.25) is 0 Å². The van der Waals surface area contributed by atoms with Gasteiger partial charge in [0, 0.05) is 24.0 Å². The summed E-state index contributed by atoms with van der Waals surface area (Å²) in [6.07, 6.45) is 2.05. The molecule has 0 saturated carbocycles. The van der Waals surface area contributed by atoms with E-state index in [9.17, 15) is 8.42 Å². The molecule has 2 heterocycles. The number of amidine groups is 1. The van der Waals surface area contributed by atoms with Crippen molar-refractivity contribution in [1.82, 2.24) is 4.90 Å². The molecule has 0 amide bonds. The number of benzene rings is 1. The van der Waals surface area contributed by atoms with Crippen LogP contribution < -0.4 is 0 Å². The highest BCUT2D eigenvalue weighted by molar-refractivity contribution is 9.09. The first kappa shape index (κ1) is 15.0. The van der Waals surface area contributed by atoms with E-state index < -0.39 is 10.0 Å². The van der Waals surface area contributed by atoms with Crippen molar-refractivity contribution in [1.29, 1.82) is 0 Å². The van der Waals surface area contributed by atoms with E-state index in [4.69, 9.17) is 4.74 Å². The Kier molecular flexibility index (Phi) is 4.33. The topological polar surface area (TPSA) is 59.0 Å². The lowest BCUT2D eigenvalue weighted by atomic mass is 10.1. The zero-order valence-corrected chi connectivity index (χ0v) is 13.9. The number of likely N-dealkylation sites (tertiary alicyclic amines) is 1. The lowest BCUT2D eigenvalue weighted by molar-refractivity contribution is 0.0289. The summed E-state index contributed by atoms with van der Waals surface area (Å²) in [7, 11) is -3.52. The van der Waals surface area contributed by atoms with E-state index in [0.29, 0.717) is 17.3 Å². The number of hydrogen-bond acceptors (Lipinski definition) is 4. The average Bonchev–Trinajstić information content (AvgIpc) is 2.78. The third-order valence-corrected chi connectivity index (χ3v) is 5.43. The summed E-state index contributed by atoms with van der Waals surface area (Å²) in [4.78, 5) is 2.37. The maximum absolute atomic E-state index is 12.1. The zero-order valence-electron chi connectivity index (χ0n) is 11.5. The van der Waals surface area contributed by atoms with E-state index in [-0.39, 0.29) is 6.10 Å². The first-order valence-electron chi connectivity index (χ1n) is 6.99. The van der Waals surface area contributed by atoms with Crippen molar-refractivity contribution in [3.8, 4) is 0 Å². The number of nitrogens with zero attached hydrogens (tertiary/aromatic N) is 2. The van der Waals surface area contributed by atoms with Gasteiger partial charge in [-0.15, -0.1) is 4.40 Å². The highest BCUT2D eigenvalue weighted by Gasteiger charge is 2.33. The van der Waals surface area contributed by atoms with Crippen LogP contribution in [0.25, 0.3) is 0 Å². The first-order chi connectivity index (χ1) is 10.1. The van der Waals surface area contributed by atoms with Gasteiger partial charge in [0.05, 0.1) is 12.7 Å². The summed E-state index contributed by atoms with van der Waals surface area (Å²) in [6.45, 7) is 2.26. The summed E-state index contributed by atoms with van der Waals surface area (Å²) in [5, 5.41) is 0.839. The number of alkyl halides is 1. The molecule has 3 rings (SSSR count). The number of ether oxygens (including phenoxy) is 1. The van der Waals surface area contributed by atoms with E-state index in [1.807, 2.05) is 12.1 Å². The molecule has 2 aliphatic rings. The van der Waals surface area contributed by atoms with Crippen LogP contribution in [-0.4, -0.2) is 50.3 Å². The summed E-state index contributed by atoms with van der Waals surface area (Å²) in [5.41, 5.74) is 0.720. The van der Waals surface area contributed by atoms with Crippen molar-refractivity contribution in [2.75, 3.05) is 25.0 Å². The largest absolute Gasteiger partial charge is 0.377 e. The highest BCUT2D eigenvalue weighted by Crippen LogP contribution is 2.29. The van der Waals surface area contributed by atoms with Crippen molar-refractivity contribution in [3.05, 3.63) is 29.8 Å². The maximum atomic E-state index is 12.1. The van der Waals surface area contributed by atoms with Crippen LogP contribution in [0.5, 0.6) is 0 Å². The maximum Gasteiger partial charge on any atom is 0.285 e. The van der Waals surface area contributed by atoms with Crippen LogP contribution in [0, 0.1) is 0 Å². The monoisotopic (exact) mass is 372 g/mol. The van der Waals surface area contributed by atoms with Gasteiger partial charge in [-0.2, -0.15) is 8.42 Å². The molecule has 1 fully saturated rings. The smallest absolute Gasteiger partial charge is 0.285 e. The van der Waals surface area contributed by atoms with E-state index in [0.717, 1.165) is 36.8 Å². The summed E-state index contributed by atoms with van der Waals surface area (Å²) in [5.74, 6) is 0.588. The SMILES string of the molecule is O=S1(=O)N=C(N2CCC(OCCBr)CC2)c2ccccc21. The molecule has 2 aliphatic heterocycles. The number of hydrogen-bond donors (Lipinski definition) is 0. The molecule has 0 aliphatic carbocycles. The first-order valence-corrected chi connectivity index (χ1v) is 9.55. The Morgan fingerprint density at radius 2 is 2.00 bits per heavy atom. The average molecular weight is 373 g/mol. The molecule has 0 unspecified atom stereocenters. The molecule has 1 saturated heterocycles. The number of fused-ring (bicyclic) bond motifs is 1. The molecule has 5 nitrogen and oxygen atoms in total. The van der Waals surface area contributed by atoms with Gasteiger partial charge in [0.25, 0.3) is 10.0 Å². The van der Waals surface area contributed by atoms with Crippen LogP contribution in [0.4, 0.5) is 0 Å². The fourth-order valence-electron chi connectivity index (χ4n) is 2.76. The normalized spacial score (nSPS) is 21.2. The molecule has 0 spiro atoms. The lowest BCUT2D eigenvalue weighted by Gasteiger charge is -2.33. The van der Waals surface area contributed by atoms with Gasteiger partial charge >= 0.3 is 0 Å². The van der Waals surface area contributed by atoms with Crippen molar-refractivity contribution in [2.24, 2.45) is 4.40 Å². The number of rotatable bonds is 3. The van der Waals surface area contributed by atoms with Gasteiger partial charge in [0.15, 0.2) is 5.84 Å². The minimum atomic E-state index is -3.52. The molecule has 0 bridgehead atoms. The third-order valence-electron chi connectivity index (χ3n) is 3.78. The Labute approximate surface area is 133 Å². The molecule has 1 aromatic carbocycles. The van der Waals surface area contributed by atoms with Crippen molar-refractivity contribution >= 4 is 31.8 Å². The Morgan fingerprint density at radius 1 is 1.29 bits per heavy atom. The second-order valence-electron chi connectivity index (χ2n) is 5.13. The minimum Gasteiger partial charge on any atom is -0.377 e. The number of halogens is 1. The summed E-state index contributed by atoms with van der Waals surface area (Å²) < 4.78 is 33.8. The van der Waals surface area contributed by atoms with Crippen LogP contribution in [0.15, 0.2) is 33.6 Å². The van der Waals surface area contributed by atoms with E-state index >= 15 is 0 Å². The van der Waals surface area contributed by atoms with Gasteiger partial charge in [0.1, 0.15) is 4.90 Å². The molecule has 0 radical (unpaired) electrons. The lowest BCUT2D eigenvalue weighted by Crippen LogP contribution is -2.41. The molecule has 0 aromatic heterocycles. The molecule has 0 atom stereocenters. The quantitative estimate of drug-likeness (QED) is 0.761. The van der Waals surface area contributed by atoms with Gasteiger partial charge in [0.2, 0.25) is 0 Å². The molecule has 21 heavy (non-hydrogen) atoms. The minimum absolute atomic E-state index is 0.257. The molecule has 1 aromatic rings. The number of sulfonamides is 1. The standard InChI is InChI=1S/C14H17BrN2O3S/c15-7-10-20-11-5-8-17(9-6-11)14-12-3-1-2-4-13(12)21(18,19)16-14/h1-4,11H,5-10H2. The van der Waals surface area contributed by atoms with E-state index in [1.165, 1.54) is 0 Å². The predicted octanol–water partition coefficient (Wildman–Crippen LogP) is 2.01. The number of piperidine rings is 1. The van der Waals surface area contributed by atoms with Crippen LogP contribution in [0.3, 0.4) is 0 Å². The molecular formula is C14H17BrN2O3S. The molecular weight excluding hydrogens is 356 g/mol. The van der Waals surface area contributed by atoms with Gasteiger partial charge in [-0.05, 0) is 25.0 Å². The van der Waals surface area contributed by atoms with Crippen LogP contribution in [-0.2, 0) is 14.8 Å². The fourth-order valence-corrected chi connectivity index (χ4v) is 4.18. The summed E-state index contributed by atoms with van der Waals surface area (Å²) in [6, 6.07) is 7.02. The second-order valence-corrected chi connectivity index (χ2v) is 7.50. The van der Waals surface area contributed by atoms with E-state index in [1.54, 1.807) is 12.1 Å².